The maximum Gasteiger partial charge on any atom is 0.0234 e. The van der Waals surface area contributed by atoms with E-state index in [0.717, 1.165) is 25.0 Å². The Labute approximate surface area is 97.6 Å². The summed E-state index contributed by atoms with van der Waals surface area (Å²) in [5.41, 5.74) is 1.44. The summed E-state index contributed by atoms with van der Waals surface area (Å²) in [6, 6.07) is 11.6. The topological polar surface area (TPSA) is 15.3 Å². The summed E-state index contributed by atoms with van der Waals surface area (Å²) in [7, 11) is 0. The molecule has 2 aliphatic rings. The largest absolute Gasteiger partial charge is 0.311 e. The van der Waals surface area contributed by atoms with Crippen molar-refractivity contribution in [2.45, 2.75) is 25.4 Å². The maximum absolute atomic E-state index is 3.66. The number of nitrogens with zero attached hydrogens (tertiary/aromatic N) is 1. The van der Waals surface area contributed by atoms with Crippen molar-refractivity contribution in [1.82, 2.24) is 10.2 Å². The molecule has 1 atom stereocenters. The molecule has 0 amide bonds. The smallest absolute Gasteiger partial charge is 0.0234 e. The zero-order chi connectivity index (χ0) is 10.8. The molecule has 0 radical (unpaired) electrons. The Hall–Kier alpha value is -0.860. The molecule has 2 heteroatoms. The van der Waals surface area contributed by atoms with Gasteiger partial charge in [-0.3, -0.25) is 4.90 Å². The lowest BCUT2D eigenvalue weighted by Gasteiger charge is -2.33. The Morgan fingerprint density at radius 2 is 2.00 bits per heavy atom. The van der Waals surface area contributed by atoms with Gasteiger partial charge >= 0.3 is 0 Å². The molecule has 0 spiro atoms. The first-order chi connectivity index (χ1) is 7.92. The molecule has 1 saturated carbocycles. The molecule has 1 heterocycles. The van der Waals surface area contributed by atoms with Crippen LogP contribution in [0.3, 0.4) is 0 Å². The Balaban J connectivity index is 1.58. The lowest BCUT2D eigenvalue weighted by molar-refractivity contribution is 0.181. The zero-order valence-electron chi connectivity index (χ0n) is 9.73. The van der Waals surface area contributed by atoms with Crippen LogP contribution in [0.25, 0.3) is 0 Å². The van der Waals surface area contributed by atoms with Crippen LogP contribution in [0, 0.1) is 5.92 Å². The monoisotopic (exact) mass is 216 g/mol. The van der Waals surface area contributed by atoms with Crippen molar-refractivity contribution < 1.29 is 0 Å². The van der Waals surface area contributed by atoms with Crippen LogP contribution in [-0.2, 0) is 6.54 Å². The minimum Gasteiger partial charge on any atom is -0.311 e. The molecule has 1 aromatic rings. The first kappa shape index (κ1) is 10.3. The number of hydrogen-bond acceptors (Lipinski definition) is 2. The fraction of sp³-hybridized carbons (Fsp3) is 0.571. The van der Waals surface area contributed by atoms with E-state index in [9.17, 15) is 0 Å². The fourth-order valence-corrected chi connectivity index (χ4v) is 2.64. The van der Waals surface area contributed by atoms with Crippen LogP contribution in [0.1, 0.15) is 18.4 Å². The third-order valence-corrected chi connectivity index (χ3v) is 3.73. The molecular weight excluding hydrogens is 196 g/mol. The third kappa shape index (κ3) is 2.45. The SMILES string of the molecule is c1ccc(CN2CCN[C@@H](C3CC3)C2)cc1. The van der Waals surface area contributed by atoms with E-state index >= 15 is 0 Å². The van der Waals surface area contributed by atoms with E-state index in [0.29, 0.717) is 0 Å². The van der Waals surface area contributed by atoms with Crippen LogP contribution in [0.4, 0.5) is 0 Å². The summed E-state index contributed by atoms with van der Waals surface area (Å²) < 4.78 is 0. The Morgan fingerprint density at radius 3 is 2.75 bits per heavy atom. The second-order valence-corrected chi connectivity index (χ2v) is 5.12. The minimum atomic E-state index is 0.762. The molecule has 2 nitrogen and oxygen atoms in total. The van der Waals surface area contributed by atoms with E-state index in [-0.39, 0.29) is 0 Å². The predicted octanol–water partition coefficient (Wildman–Crippen LogP) is 1.87. The van der Waals surface area contributed by atoms with Crippen LogP contribution in [0.15, 0.2) is 30.3 Å². The summed E-state index contributed by atoms with van der Waals surface area (Å²) in [5, 5.41) is 3.66. The van der Waals surface area contributed by atoms with E-state index in [4.69, 9.17) is 0 Å². The highest BCUT2D eigenvalue weighted by molar-refractivity contribution is 5.14. The Bertz CT molecular complexity index is 332. The van der Waals surface area contributed by atoms with Crippen LogP contribution in [0.5, 0.6) is 0 Å². The molecule has 0 bridgehead atoms. The van der Waals surface area contributed by atoms with Crippen molar-refractivity contribution in [3.8, 4) is 0 Å². The number of hydrogen-bond donors (Lipinski definition) is 1. The van der Waals surface area contributed by atoms with Crippen molar-refractivity contribution in [3.05, 3.63) is 35.9 Å². The fourth-order valence-electron chi connectivity index (χ4n) is 2.64. The molecule has 1 aliphatic carbocycles. The molecule has 1 saturated heterocycles. The molecular formula is C14H20N2. The normalized spacial score (nSPS) is 26.9. The van der Waals surface area contributed by atoms with Crippen molar-refractivity contribution in [2.24, 2.45) is 5.92 Å². The molecule has 1 aromatic carbocycles. The minimum absolute atomic E-state index is 0.762. The van der Waals surface area contributed by atoms with E-state index in [2.05, 4.69) is 40.5 Å². The number of nitrogens with one attached hydrogen (secondary N) is 1. The van der Waals surface area contributed by atoms with E-state index in [1.54, 1.807) is 0 Å². The highest BCUT2D eigenvalue weighted by atomic mass is 15.2. The number of rotatable bonds is 3. The molecule has 1 N–H and O–H groups in total. The average molecular weight is 216 g/mol. The van der Waals surface area contributed by atoms with Gasteiger partial charge in [0, 0.05) is 32.2 Å². The molecule has 16 heavy (non-hydrogen) atoms. The summed E-state index contributed by atoms with van der Waals surface area (Å²) in [5.74, 6) is 0.971. The quantitative estimate of drug-likeness (QED) is 0.830. The second-order valence-electron chi connectivity index (χ2n) is 5.12. The van der Waals surface area contributed by atoms with Gasteiger partial charge in [0.25, 0.3) is 0 Å². The lowest BCUT2D eigenvalue weighted by atomic mass is 10.1. The van der Waals surface area contributed by atoms with Gasteiger partial charge in [-0.05, 0) is 24.3 Å². The molecule has 2 fully saturated rings. The number of benzene rings is 1. The van der Waals surface area contributed by atoms with Crippen LogP contribution < -0.4 is 5.32 Å². The third-order valence-electron chi connectivity index (χ3n) is 3.73. The van der Waals surface area contributed by atoms with Crippen LogP contribution in [0.2, 0.25) is 0 Å². The Morgan fingerprint density at radius 1 is 1.19 bits per heavy atom. The predicted molar refractivity (Wildman–Crippen MR) is 66.2 cm³/mol. The molecule has 1 aliphatic heterocycles. The van der Waals surface area contributed by atoms with Crippen molar-refractivity contribution in [2.75, 3.05) is 19.6 Å². The summed E-state index contributed by atoms with van der Waals surface area (Å²) in [4.78, 5) is 2.59. The van der Waals surface area contributed by atoms with E-state index in [1.165, 1.54) is 31.5 Å². The zero-order valence-corrected chi connectivity index (χ0v) is 9.73. The standard InChI is InChI=1S/C14H20N2/c1-2-4-12(5-3-1)10-16-9-8-15-14(11-16)13-6-7-13/h1-5,13-15H,6-11H2/t14-/m1/s1. The first-order valence-corrected chi connectivity index (χ1v) is 6.41. The van der Waals surface area contributed by atoms with E-state index in [1.807, 2.05) is 0 Å². The highest BCUT2D eigenvalue weighted by Crippen LogP contribution is 2.33. The van der Waals surface area contributed by atoms with Crippen molar-refractivity contribution >= 4 is 0 Å². The second kappa shape index (κ2) is 4.56. The van der Waals surface area contributed by atoms with Gasteiger partial charge in [0.1, 0.15) is 0 Å². The van der Waals surface area contributed by atoms with Gasteiger partial charge < -0.3 is 5.32 Å². The summed E-state index contributed by atoms with van der Waals surface area (Å²) in [6.45, 7) is 4.71. The van der Waals surface area contributed by atoms with Crippen molar-refractivity contribution in [3.63, 3.8) is 0 Å². The summed E-state index contributed by atoms with van der Waals surface area (Å²) in [6.07, 6.45) is 2.88. The average Bonchev–Trinajstić information content (AvgIpc) is 3.15. The molecule has 0 aromatic heterocycles. The molecule has 0 unspecified atom stereocenters. The van der Waals surface area contributed by atoms with Gasteiger partial charge in [0.2, 0.25) is 0 Å². The molecule has 3 rings (SSSR count). The summed E-state index contributed by atoms with van der Waals surface area (Å²) >= 11 is 0. The van der Waals surface area contributed by atoms with Gasteiger partial charge in [0.05, 0.1) is 0 Å². The van der Waals surface area contributed by atoms with Gasteiger partial charge in [-0.25, -0.2) is 0 Å². The lowest BCUT2D eigenvalue weighted by Crippen LogP contribution is -2.51. The van der Waals surface area contributed by atoms with Crippen molar-refractivity contribution in [1.29, 1.82) is 0 Å². The van der Waals surface area contributed by atoms with Gasteiger partial charge in [-0.1, -0.05) is 30.3 Å². The van der Waals surface area contributed by atoms with Crippen LogP contribution in [-0.4, -0.2) is 30.6 Å². The number of piperazine rings is 1. The molecule has 86 valence electrons. The van der Waals surface area contributed by atoms with Crippen LogP contribution >= 0.6 is 0 Å². The first-order valence-electron chi connectivity index (χ1n) is 6.41. The van der Waals surface area contributed by atoms with Gasteiger partial charge in [-0.15, -0.1) is 0 Å². The van der Waals surface area contributed by atoms with Gasteiger partial charge in [-0.2, -0.15) is 0 Å². The maximum atomic E-state index is 3.66. The highest BCUT2D eigenvalue weighted by Gasteiger charge is 2.33. The van der Waals surface area contributed by atoms with Gasteiger partial charge in [0.15, 0.2) is 0 Å². The van der Waals surface area contributed by atoms with E-state index < -0.39 is 0 Å². The Kier molecular flexibility index (Phi) is 2.94.